The first-order valence-electron chi connectivity index (χ1n) is 7.67. The Morgan fingerprint density at radius 2 is 1.35 bits per heavy atom. The van der Waals surface area contributed by atoms with Gasteiger partial charge in [-0.1, -0.05) is 72.3 Å². The zero-order valence-corrected chi connectivity index (χ0v) is 12.8. The second-order valence-corrected chi connectivity index (χ2v) is 5.84. The second-order valence-electron chi connectivity index (χ2n) is 5.84. The number of fused-ring (bicyclic) bond motifs is 1. The number of hydrogen-bond donors (Lipinski definition) is 0. The van der Waals surface area contributed by atoms with Crippen molar-refractivity contribution in [3.8, 4) is 5.75 Å². The van der Waals surface area contributed by atoms with Gasteiger partial charge in [0.15, 0.2) is 0 Å². The number of aryl methyl sites for hydroxylation is 1. The fourth-order valence-corrected chi connectivity index (χ4v) is 3.15. The van der Waals surface area contributed by atoms with Crippen LogP contribution >= 0.6 is 0 Å². The van der Waals surface area contributed by atoms with Crippen LogP contribution in [-0.2, 0) is 5.60 Å². The molecule has 2 heteroatoms. The fraction of sp³-hybridized carbons (Fsp3) is 0.0952. The second kappa shape index (κ2) is 5.10. The fourth-order valence-electron chi connectivity index (χ4n) is 3.15. The first-order chi connectivity index (χ1) is 11.2. The van der Waals surface area contributed by atoms with E-state index in [1.165, 1.54) is 0 Å². The lowest BCUT2D eigenvalue weighted by molar-refractivity contribution is 0.0686. The van der Waals surface area contributed by atoms with Crippen LogP contribution in [0.1, 0.15) is 27.0 Å². The molecule has 0 saturated heterocycles. The highest BCUT2D eigenvalue weighted by molar-refractivity contribution is 6.10. The summed E-state index contributed by atoms with van der Waals surface area (Å²) in [5.41, 5.74) is 2.40. The van der Waals surface area contributed by atoms with E-state index in [9.17, 15) is 4.79 Å². The Hall–Kier alpha value is -2.87. The molecule has 23 heavy (non-hydrogen) atoms. The summed E-state index contributed by atoms with van der Waals surface area (Å²) in [5.74, 6) is 0.630. The molecule has 1 aliphatic heterocycles. The molecule has 0 radical (unpaired) electrons. The highest BCUT2D eigenvalue weighted by atomic mass is 16.5. The van der Waals surface area contributed by atoms with Crippen LogP contribution in [0.3, 0.4) is 0 Å². The SMILES string of the molecule is Cc1ccc([C@]2(c3ccccc3)Oc3ccccc3C2=O)cc1. The molecule has 112 valence electrons. The Kier molecular flexibility index (Phi) is 3.05. The van der Waals surface area contributed by atoms with E-state index in [2.05, 4.69) is 0 Å². The average Bonchev–Trinajstić information content (AvgIpc) is 2.91. The third kappa shape index (κ3) is 1.99. The van der Waals surface area contributed by atoms with Crippen molar-refractivity contribution in [2.75, 3.05) is 0 Å². The topological polar surface area (TPSA) is 26.3 Å². The van der Waals surface area contributed by atoms with E-state index in [0.29, 0.717) is 11.3 Å². The van der Waals surface area contributed by atoms with Gasteiger partial charge in [-0.25, -0.2) is 0 Å². The summed E-state index contributed by atoms with van der Waals surface area (Å²) >= 11 is 0. The maximum absolute atomic E-state index is 13.3. The summed E-state index contributed by atoms with van der Waals surface area (Å²) < 4.78 is 6.27. The highest BCUT2D eigenvalue weighted by Gasteiger charge is 2.50. The van der Waals surface area contributed by atoms with Gasteiger partial charge in [0.05, 0.1) is 5.56 Å². The van der Waals surface area contributed by atoms with Gasteiger partial charge in [-0.3, -0.25) is 4.79 Å². The molecule has 0 spiro atoms. The number of hydrogen-bond acceptors (Lipinski definition) is 2. The van der Waals surface area contributed by atoms with E-state index in [0.717, 1.165) is 16.7 Å². The van der Waals surface area contributed by atoms with Crippen LogP contribution in [-0.4, -0.2) is 5.78 Å². The van der Waals surface area contributed by atoms with E-state index in [1.807, 2.05) is 85.8 Å². The van der Waals surface area contributed by atoms with Crippen molar-refractivity contribution in [1.82, 2.24) is 0 Å². The Bertz CT molecular complexity index is 866. The smallest absolute Gasteiger partial charge is 0.221 e. The molecule has 0 saturated carbocycles. The van der Waals surface area contributed by atoms with Gasteiger partial charge in [-0.05, 0) is 19.1 Å². The highest BCUT2D eigenvalue weighted by Crippen LogP contribution is 2.45. The van der Waals surface area contributed by atoms with Crippen molar-refractivity contribution in [2.24, 2.45) is 0 Å². The normalized spacial score (nSPS) is 19.3. The number of ether oxygens (including phenoxy) is 1. The minimum Gasteiger partial charge on any atom is -0.469 e. The standard InChI is InChI=1S/C21H16O2/c1-15-11-13-17(14-12-15)21(16-7-3-2-4-8-16)20(22)18-9-5-6-10-19(18)23-21/h2-14H,1H3/t21-/m0/s1. The summed E-state index contributed by atoms with van der Waals surface area (Å²) in [6, 6.07) is 25.1. The summed E-state index contributed by atoms with van der Waals surface area (Å²) in [4.78, 5) is 13.3. The summed E-state index contributed by atoms with van der Waals surface area (Å²) in [6.07, 6.45) is 0. The van der Waals surface area contributed by atoms with Crippen molar-refractivity contribution in [3.05, 3.63) is 101 Å². The number of benzene rings is 3. The van der Waals surface area contributed by atoms with Crippen LogP contribution in [0.25, 0.3) is 0 Å². The molecule has 1 atom stereocenters. The largest absolute Gasteiger partial charge is 0.469 e. The van der Waals surface area contributed by atoms with Crippen LogP contribution in [0.2, 0.25) is 0 Å². The van der Waals surface area contributed by atoms with Crippen LogP contribution in [0.4, 0.5) is 0 Å². The predicted octanol–water partition coefficient (Wildman–Crippen LogP) is 4.51. The molecule has 0 unspecified atom stereocenters. The van der Waals surface area contributed by atoms with Gasteiger partial charge in [0.2, 0.25) is 11.4 Å². The molecule has 0 N–H and O–H groups in total. The lowest BCUT2D eigenvalue weighted by Gasteiger charge is -2.28. The van der Waals surface area contributed by atoms with Gasteiger partial charge in [0.25, 0.3) is 0 Å². The molecule has 0 bridgehead atoms. The van der Waals surface area contributed by atoms with Crippen molar-refractivity contribution >= 4 is 5.78 Å². The molecule has 0 aliphatic carbocycles. The Morgan fingerprint density at radius 3 is 2.04 bits per heavy atom. The maximum Gasteiger partial charge on any atom is 0.221 e. The zero-order valence-electron chi connectivity index (χ0n) is 12.8. The van der Waals surface area contributed by atoms with Gasteiger partial charge < -0.3 is 4.74 Å². The number of para-hydroxylation sites is 1. The lowest BCUT2D eigenvalue weighted by Crippen LogP contribution is -2.38. The van der Waals surface area contributed by atoms with Gasteiger partial charge in [0.1, 0.15) is 5.75 Å². The van der Waals surface area contributed by atoms with E-state index in [1.54, 1.807) is 0 Å². The van der Waals surface area contributed by atoms with Gasteiger partial charge in [-0.15, -0.1) is 0 Å². The van der Waals surface area contributed by atoms with E-state index >= 15 is 0 Å². The molecule has 3 aromatic rings. The molecule has 0 amide bonds. The van der Waals surface area contributed by atoms with Crippen molar-refractivity contribution in [2.45, 2.75) is 12.5 Å². The number of carbonyl (C=O) groups excluding carboxylic acids is 1. The maximum atomic E-state index is 13.3. The summed E-state index contributed by atoms with van der Waals surface area (Å²) in [7, 11) is 0. The Morgan fingerprint density at radius 1 is 0.739 bits per heavy atom. The first kappa shape index (κ1) is 13.8. The summed E-state index contributed by atoms with van der Waals surface area (Å²) in [5, 5.41) is 0. The van der Waals surface area contributed by atoms with Gasteiger partial charge in [-0.2, -0.15) is 0 Å². The average molecular weight is 300 g/mol. The Labute approximate surface area is 135 Å². The third-order valence-corrected chi connectivity index (χ3v) is 4.35. The van der Waals surface area contributed by atoms with Crippen LogP contribution < -0.4 is 4.74 Å². The molecule has 0 aromatic heterocycles. The van der Waals surface area contributed by atoms with E-state index in [4.69, 9.17) is 4.74 Å². The van der Waals surface area contributed by atoms with Crippen LogP contribution in [0.5, 0.6) is 5.75 Å². The number of Topliss-reactive ketones (excluding diaryl/α,β-unsaturated/α-hetero) is 1. The quantitative estimate of drug-likeness (QED) is 0.696. The van der Waals surface area contributed by atoms with Gasteiger partial charge in [0, 0.05) is 11.1 Å². The first-order valence-corrected chi connectivity index (χ1v) is 7.67. The van der Waals surface area contributed by atoms with Crippen molar-refractivity contribution < 1.29 is 9.53 Å². The Balaban J connectivity index is 1.97. The minimum absolute atomic E-state index is 0.0110. The lowest BCUT2D eigenvalue weighted by atomic mass is 9.81. The molecule has 0 fully saturated rings. The van der Waals surface area contributed by atoms with Crippen molar-refractivity contribution in [3.63, 3.8) is 0 Å². The third-order valence-electron chi connectivity index (χ3n) is 4.35. The summed E-state index contributed by atoms with van der Waals surface area (Å²) in [6.45, 7) is 2.03. The molecule has 4 rings (SSSR count). The molecular weight excluding hydrogens is 284 g/mol. The number of carbonyl (C=O) groups is 1. The van der Waals surface area contributed by atoms with Crippen LogP contribution in [0.15, 0.2) is 78.9 Å². The number of rotatable bonds is 2. The molecule has 2 nitrogen and oxygen atoms in total. The molecule has 1 heterocycles. The predicted molar refractivity (Wildman–Crippen MR) is 89.8 cm³/mol. The van der Waals surface area contributed by atoms with Gasteiger partial charge >= 0.3 is 0 Å². The molecule has 3 aromatic carbocycles. The van der Waals surface area contributed by atoms with Crippen LogP contribution in [0, 0.1) is 6.92 Å². The zero-order chi connectivity index (χ0) is 15.9. The number of ketones is 1. The van der Waals surface area contributed by atoms with E-state index < -0.39 is 5.60 Å². The molecular formula is C21H16O2. The van der Waals surface area contributed by atoms with Crippen molar-refractivity contribution in [1.29, 1.82) is 0 Å². The van der Waals surface area contributed by atoms with E-state index in [-0.39, 0.29) is 5.78 Å². The molecule has 1 aliphatic rings. The minimum atomic E-state index is -1.10. The monoisotopic (exact) mass is 300 g/mol.